The summed E-state index contributed by atoms with van der Waals surface area (Å²) in [7, 11) is 0. The number of anilines is 1. The molecule has 2 heterocycles. The van der Waals surface area contributed by atoms with Crippen molar-refractivity contribution in [3.8, 4) is 5.75 Å². The average molecular weight is 401 g/mol. The van der Waals surface area contributed by atoms with E-state index in [-0.39, 0.29) is 30.0 Å². The fourth-order valence-electron chi connectivity index (χ4n) is 4.06. The van der Waals surface area contributed by atoms with Crippen LogP contribution in [0.15, 0.2) is 48.5 Å². The molecule has 0 spiro atoms. The number of piperazine rings is 1. The quantitative estimate of drug-likeness (QED) is 0.754. The molecule has 1 atom stereocenters. The number of carbonyl (C=O) groups is 2. The lowest BCUT2D eigenvalue weighted by Crippen LogP contribution is -3.19. The maximum absolute atomic E-state index is 12.9. The monoisotopic (exact) mass is 400 g/mol. The molecule has 146 valence electrons. The van der Waals surface area contributed by atoms with Crippen LogP contribution < -0.4 is 9.80 Å². The maximum atomic E-state index is 12.9. The van der Waals surface area contributed by atoms with Gasteiger partial charge in [-0.1, -0.05) is 35.9 Å². The summed E-state index contributed by atoms with van der Waals surface area (Å²) in [5.74, 6) is 0.0683. The number of phenols is 1. The number of benzene rings is 2. The van der Waals surface area contributed by atoms with Crippen molar-refractivity contribution in [1.82, 2.24) is 4.90 Å². The number of hydrogen-bond donors (Lipinski definition) is 2. The van der Waals surface area contributed by atoms with Crippen molar-refractivity contribution < 1.29 is 19.6 Å². The number of para-hydroxylation sites is 2. The van der Waals surface area contributed by atoms with Crippen LogP contribution in [0, 0.1) is 0 Å². The first-order chi connectivity index (χ1) is 13.5. The first kappa shape index (κ1) is 18.8. The van der Waals surface area contributed by atoms with Crippen LogP contribution in [0.1, 0.15) is 12.0 Å². The number of quaternary nitrogens is 1. The highest BCUT2D eigenvalue weighted by Crippen LogP contribution is 2.26. The predicted octanol–water partition coefficient (Wildman–Crippen LogP) is 1.08. The van der Waals surface area contributed by atoms with Crippen molar-refractivity contribution >= 4 is 29.1 Å². The molecule has 2 aliphatic heterocycles. The predicted molar refractivity (Wildman–Crippen MR) is 106 cm³/mol. The minimum absolute atomic E-state index is 0.0917. The minimum Gasteiger partial charge on any atom is -0.506 e. The van der Waals surface area contributed by atoms with Gasteiger partial charge >= 0.3 is 0 Å². The van der Waals surface area contributed by atoms with Crippen molar-refractivity contribution in [3.05, 3.63) is 59.1 Å². The number of nitrogens with zero attached hydrogens (tertiary/aromatic N) is 2. The molecule has 2 amide bonds. The average Bonchev–Trinajstić information content (AvgIpc) is 2.98. The van der Waals surface area contributed by atoms with Gasteiger partial charge in [0.25, 0.3) is 5.91 Å². The summed E-state index contributed by atoms with van der Waals surface area (Å²) in [6, 6.07) is 14.2. The molecule has 6 nitrogen and oxygen atoms in total. The van der Waals surface area contributed by atoms with E-state index in [4.69, 9.17) is 11.6 Å². The number of likely N-dealkylation sites (tertiary alicyclic amines) is 1. The molecular formula is C21H23ClN3O3+. The van der Waals surface area contributed by atoms with Crippen LogP contribution in [0.3, 0.4) is 0 Å². The molecule has 0 saturated carbocycles. The molecule has 0 aromatic heterocycles. The first-order valence-electron chi connectivity index (χ1n) is 9.49. The second kappa shape index (κ2) is 7.81. The summed E-state index contributed by atoms with van der Waals surface area (Å²) in [5, 5.41) is 10.7. The molecular weight excluding hydrogens is 378 g/mol. The van der Waals surface area contributed by atoms with Gasteiger partial charge in [0.1, 0.15) is 5.75 Å². The van der Waals surface area contributed by atoms with Gasteiger partial charge in [-0.2, -0.15) is 0 Å². The zero-order valence-corrected chi connectivity index (χ0v) is 16.2. The molecule has 7 heteroatoms. The molecule has 28 heavy (non-hydrogen) atoms. The maximum Gasteiger partial charge on any atom is 0.288 e. The third-order valence-corrected chi connectivity index (χ3v) is 5.87. The number of carbonyl (C=O) groups excluding carboxylic acids is 2. The van der Waals surface area contributed by atoms with Gasteiger partial charge in [-0.3, -0.25) is 14.5 Å². The third-order valence-electron chi connectivity index (χ3n) is 5.62. The van der Waals surface area contributed by atoms with Gasteiger partial charge in [0.05, 0.1) is 44.8 Å². The van der Waals surface area contributed by atoms with E-state index >= 15 is 0 Å². The molecule has 2 aromatic carbocycles. The Hall–Kier alpha value is -2.57. The summed E-state index contributed by atoms with van der Waals surface area (Å²) >= 11 is 5.91. The normalized spacial score (nSPS) is 20.8. The van der Waals surface area contributed by atoms with Crippen LogP contribution in [0.2, 0.25) is 5.02 Å². The molecule has 0 aliphatic carbocycles. The Morgan fingerprint density at radius 1 is 1.04 bits per heavy atom. The lowest BCUT2D eigenvalue weighted by molar-refractivity contribution is -0.915. The van der Waals surface area contributed by atoms with Gasteiger partial charge < -0.3 is 14.9 Å². The van der Waals surface area contributed by atoms with Crippen LogP contribution in [0.5, 0.6) is 5.75 Å². The van der Waals surface area contributed by atoms with E-state index in [2.05, 4.69) is 4.90 Å². The highest BCUT2D eigenvalue weighted by molar-refractivity contribution is 6.30. The Balaban J connectivity index is 1.39. The highest BCUT2D eigenvalue weighted by Gasteiger charge is 2.45. The smallest absolute Gasteiger partial charge is 0.288 e. The van der Waals surface area contributed by atoms with E-state index < -0.39 is 0 Å². The lowest BCUT2D eigenvalue weighted by Gasteiger charge is -2.35. The Kier molecular flexibility index (Phi) is 5.24. The van der Waals surface area contributed by atoms with Crippen molar-refractivity contribution in [2.75, 3.05) is 31.1 Å². The van der Waals surface area contributed by atoms with Gasteiger partial charge in [0.15, 0.2) is 6.04 Å². The van der Waals surface area contributed by atoms with E-state index in [1.807, 2.05) is 24.3 Å². The molecule has 2 fully saturated rings. The van der Waals surface area contributed by atoms with E-state index in [1.165, 1.54) is 4.90 Å². The number of imide groups is 1. The van der Waals surface area contributed by atoms with Gasteiger partial charge in [-0.15, -0.1) is 0 Å². The lowest BCUT2D eigenvalue weighted by atomic mass is 10.1. The van der Waals surface area contributed by atoms with Crippen molar-refractivity contribution in [3.63, 3.8) is 0 Å². The molecule has 2 saturated heterocycles. The van der Waals surface area contributed by atoms with Gasteiger partial charge in [0, 0.05) is 5.02 Å². The van der Waals surface area contributed by atoms with E-state index in [9.17, 15) is 14.7 Å². The number of rotatable bonds is 4. The van der Waals surface area contributed by atoms with Crippen LogP contribution in [-0.2, 0) is 16.1 Å². The van der Waals surface area contributed by atoms with Gasteiger partial charge in [-0.05, 0) is 29.8 Å². The van der Waals surface area contributed by atoms with Crippen molar-refractivity contribution in [1.29, 1.82) is 0 Å². The number of aromatic hydroxyl groups is 1. The van der Waals surface area contributed by atoms with Crippen LogP contribution in [0.4, 0.5) is 5.69 Å². The molecule has 2 N–H and O–H groups in total. The van der Waals surface area contributed by atoms with Crippen molar-refractivity contribution in [2.24, 2.45) is 0 Å². The standard InChI is InChI=1S/C21H22ClN3O3/c22-16-7-5-15(6-8-16)14-25-20(27)13-18(21(25)28)24-11-9-23(10-12-24)17-3-1-2-4-19(17)26/h1-8,18,26H,9-14H2/p+1/t18-/m1/s1. The van der Waals surface area contributed by atoms with Crippen LogP contribution >= 0.6 is 11.6 Å². The van der Waals surface area contributed by atoms with Crippen molar-refractivity contribution in [2.45, 2.75) is 19.0 Å². The Bertz CT molecular complexity index is 879. The van der Waals surface area contributed by atoms with Crippen LogP contribution in [0.25, 0.3) is 0 Å². The topological polar surface area (TPSA) is 65.3 Å². The van der Waals surface area contributed by atoms with Crippen LogP contribution in [-0.4, -0.2) is 54.0 Å². The summed E-state index contributed by atoms with van der Waals surface area (Å²) in [6.45, 7) is 3.28. The zero-order chi connectivity index (χ0) is 19.7. The molecule has 0 unspecified atom stereocenters. The molecule has 4 rings (SSSR count). The van der Waals surface area contributed by atoms with E-state index in [0.717, 1.165) is 42.3 Å². The number of phenolic OH excluding ortho intramolecular Hbond substituents is 1. The number of hydrogen-bond acceptors (Lipinski definition) is 4. The summed E-state index contributed by atoms with van der Waals surface area (Å²) < 4.78 is 0. The molecule has 2 aliphatic rings. The molecule has 2 aromatic rings. The van der Waals surface area contributed by atoms with E-state index in [0.29, 0.717) is 11.6 Å². The Morgan fingerprint density at radius 2 is 1.71 bits per heavy atom. The number of halogens is 1. The third kappa shape index (κ3) is 3.70. The molecule has 0 radical (unpaired) electrons. The zero-order valence-electron chi connectivity index (χ0n) is 15.5. The highest BCUT2D eigenvalue weighted by atomic mass is 35.5. The summed E-state index contributed by atoms with van der Waals surface area (Å²) in [5.41, 5.74) is 1.71. The SMILES string of the molecule is O=C1C[C@@H]([NH+]2CCN(c3ccccc3O)CC2)C(=O)N1Cc1ccc(Cl)cc1. The fourth-order valence-corrected chi connectivity index (χ4v) is 4.18. The number of amides is 2. The summed E-state index contributed by atoms with van der Waals surface area (Å²) in [6.07, 6.45) is 0.262. The molecule has 0 bridgehead atoms. The van der Waals surface area contributed by atoms with E-state index in [1.54, 1.807) is 24.3 Å². The Morgan fingerprint density at radius 3 is 2.39 bits per heavy atom. The van der Waals surface area contributed by atoms with Gasteiger partial charge in [0.2, 0.25) is 5.91 Å². The Labute approximate surface area is 168 Å². The summed E-state index contributed by atoms with van der Waals surface area (Å²) in [4.78, 5) is 30.0. The fraction of sp³-hybridized carbons (Fsp3) is 0.333. The van der Waals surface area contributed by atoms with Gasteiger partial charge in [-0.25, -0.2) is 0 Å². The second-order valence-electron chi connectivity index (χ2n) is 7.34. The first-order valence-corrected chi connectivity index (χ1v) is 9.87. The second-order valence-corrected chi connectivity index (χ2v) is 7.77. The number of nitrogens with one attached hydrogen (secondary N) is 1. The largest absolute Gasteiger partial charge is 0.506 e. The minimum atomic E-state index is -0.314.